The molecular formula is C25H22N2O6S. The molecule has 0 spiro atoms. The van der Waals surface area contributed by atoms with E-state index in [4.69, 9.17) is 0 Å². The van der Waals surface area contributed by atoms with Crippen LogP contribution in [-0.2, 0) is 16.3 Å². The minimum absolute atomic E-state index is 0.0353. The summed E-state index contributed by atoms with van der Waals surface area (Å²) in [4.78, 5) is 39.5. The van der Waals surface area contributed by atoms with Gasteiger partial charge in [0, 0.05) is 12.1 Å². The number of aromatic hydroxyl groups is 1. The molecule has 8 nitrogen and oxygen atoms in total. The molecule has 0 aliphatic carbocycles. The Morgan fingerprint density at radius 2 is 1.65 bits per heavy atom. The molecular weight excluding hydrogens is 456 g/mol. The van der Waals surface area contributed by atoms with Crippen LogP contribution in [0.15, 0.2) is 71.6 Å². The number of benzene rings is 3. The average Bonchev–Trinajstić information content (AvgIpc) is 3.08. The summed E-state index contributed by atoms with van der Waals surface area (Å²) in [5.41, 5.74) is 1.34. The van der Waals surface area contributed by atoms with Gasteiger partial charge in [0.2, 0.25) is 0 Å². The fourth-order valence-electron chi connectivity index (χ4n) is 3.69. The molecule has 3 aromatic carbocycles. The number of hydrogen-bond acceptors (Lipinski definition) is 6. The molecule has 2 N–H and O–H groups in total. The zero-order valence-electron chi connectivity index (χ0n) is 18.3. The standard InChI is InChI=1S/C25H22N2O6S/c1-2-34(32,33)18-9-11-22(28)21(15-18)26-23(29)17-8-10-19-20(14-17)25(31)27(24(19)30)13-12-16-6-4-3-5-7-16/h3-11,14-15,28H,2,12-13H2,1H3,(H,26,29). The second-order valence-electron chi connectivity index (χ2n) is 7.79. The van der Waals surface area contributed by atoms with E-state index in [1.807, 2.05) is 30.3 Å². The van der Waals surface area contributed by atoms with Crippen LogP contribution in [0.3, 0.4) is 0 Å². The summed E-state index contributed by atoms with van der Waals surface area (Å²) >= 11 is 0. The number of fused-ring (bicyclic) bond motifs is 1. The Kier molecular flexibility index (Phi) is 6.21. The highest BCUT2D eigenvalue weighted by Crippen LogP contribution is 2.29. The van der Waals surface area contributed by atoms with Gasteiger partial charge in [-0.15, -0.1) is 0 Å². The summed E-state index contributed by atoms with van der Waals surface area (Å²) in [5, 5.41) is 12.5. The second-order valence-corrected chi connectivity index (χ2v) is 10.1. The quantitative estimate of drug-likeness (QED) is 0.397. The van der Waals surface area contributed by atoms with Gasteiger partial charge < -0.3 is 10.4 Å². The lowest BCUT2D eigenvalue weighted by atomic mass is 10.1. The summed E-state index contributed by atoms with van der Waals surface area (Å²) in [6.45, 7) is 1.71. The van der Waals surface area contributed by atoms with Crippen molar-refractivity contribution in [3.8, 4) is 5.75 Å². The molecule has 0 saturated carbocycles. The largest absolute Gasteiger partial charge is 0.506 e. The van der Waals surface area contributed by atoms with E-state index in [1.54, 1.807) is 0 Å². The predicted molar refractivity (Wildman–Crippen MR) is 126 cm³/mol. The molecule has 1 heterocycles. The van der Waals surface area contributed by atoms with E-state index in [1.165, 1.54) is 43.3 Å². The molecule has 34 heavy (non-hydrogen) atoms. The first-order valence-electron chi connectivity index (χ1n) is 10.6. The van der Waals surface area contributed by atoms with Crippen molar-refractivity contribution in [2.24, 2.45) is 0 Å². The molecule has 174 valence electrons. The highest BCUT2D eigenvalue weighted by Gasteiger charge is 2.35. The third-order valence-electron chi connectivity index (χ3n) is 5.66. The Morgan fingerprint density at radius 1 is 0.941 bits per heavy atom. The molecule has 0 bridgehead atoms. The van der Waals surface area contributed by atoms with Gasteiger partial charge in [-0.2, -0.15) is 0 Å². The predicted octanol–water partition coefficient (Wildman–Crippen LogP) is 3.28. The summed E-state index contributed by atoms with van der Waals surface area (Å²) < 4.78 is 24.2. The number of phenolic OH excluding ortho intramolecular Hbond substituents is 1. The van der Waals surface area contributed by atoms with Crippen LogP contribution in [0.2, 0.25) is 0 Å². The van der Waals surface area contributed by atoms with Gasteiger partial charge in [0.15, 0.2) is 9.84 Å². The smallest absolute Gasteiger partial charge is 0.261 e. The van der Waals surface area contributed by atoms with Crippen LogP contribution in [0.25, 0.3) is 0 Å². The van der Waals surface area contributed by atoms with Crippen LogP contribution in [-0.4, -0.2) is 48.4 Å². The molecule has 3 aromatic rings. The van der Waals surface area contributed by atoms with Crippen molar-refractivity contribution in [3.63, 3.8) is 0 Å². The number of nitrogens with zero attached hydrogens (tertiary/aromatic N) is 1. The maximum atomic E-state index is 12.9. The number of amides is 3. The molecule has 0 aromatic heterocycles. The Balaban J connectivity index is 1.54. The third kappa shape index (κ3) is 4.42. The number of hydrogen-bond donors (Lipinski definition) is 2. The Morgan fingerprint density at radius 3 is 2.35 bits per heavy atom. The van der Waals surface area contributed by atoms with Crippen molar-refractivity contribution in [2.75, 3.05) is 17.6 Å². The Bertz CT molecular complexity index is 1400. The molecule has 0 fully saturated rings. The molecule has 1 aliphatic heterocycles. The van der Waals surface area contributed by atoms with Gasteiger partial charge in [-0.05, 0) is 48.4 Å². The lowest BCUT2D eigenvalue weighted by Crippen LogP contribution is -2.31. The van der Waals surface area contributed by atoms with Crippen LogP contribution >= 0.6 is 0 Å². The average molecular weight is 479 g/mol. The minimum Gasteiger partial charge on any atom is -0.506 e. The van der Waals surface area contributed by atoms with Gasteiger partial charge in [0.05, 0.1) is 27.5 Å². The van der Waals surface area contributed by atoms with E-state index in [0.717, 1.165) is 10.5 Å². The molecule has 9 heteroatoms. The van der Waals surface area contributed by atoms with E-state index in [-0.39, 0.29) is 45.3 Å². The number of carbonyl (C=O) groups is 3. The van der Waals surface area contributed by atoms with E-state index >= 15 is 0 Å². The molecule has 0 atom stereocenters. The first kappa shape index (κ1) is 23.2. The van der Waals surface area contributed by atoms with Crippen LogP contribution in [0.1, 0.15) is 43.6 Å². The number of sulfone groups is 1. The molecule has 3 amide bonds. The third-order valence-corrected chi connectivity index (χ3v) is 7.39. The fraction of sp³-hybridized carbons (Fsp3) is 0.160. The summed E-state index contributed by atoms with van der Waals surface area (Å²) in [6, 6.07) is 17.3. The molecule has 4 rings (SSSR count). The first-order chi connectivity index (χ1) is 16.2. The highest BCUT2D eigenvalue weighted by molar-refractivity contribution is 7.91. The second kappa shape index (κ2) is 9.11. The van der Waals surface area contributed by atoms with Crippen molar-refractivity contribution in [1.82, 2.24) is 4.90 Å². The maximum absolute atomic E-state index is 12.9. The first-order valence-corrected chi connectivity index (χ1v) is 12.3. The van der Waals surface area contributed by atoms with E-state index in [2.05, 4.69) is 5.32 Å². The molecule has 1 aliphatic rings. The summed E-state index contributed by atoms with van der Waals surface area (Å²) in [5.74, 6) is -2.00. The van der Waals surface area contributed by atoms with Gasteiger partial charge in [0.25, 0.3) is 17.7 Å². The van der Waals surface area contributed by atoms with Gasteiger partial charge in [0.1, 0.15) is 5.75 Å². The summed E-state index contributed by atoms with van der Waals surface area (Å²) in [7, 11) is -3.54. The lowest BCUT2D eigenvalue weighted by Gasteiger charge is -2.13. The monoisotopic (exact) mass is 478 g/mol. The number of phenols is 1. The van der Waals surface area contributed by atoms with Crippen LogP contribution in [0, 0.1) is 0 Å². The fourth-order valence-corrected chi connectivity index (χ4v) is 4.60. The van der Waals surface area contributed by atoms with Crippen molar-refractivity contribution in [2.45, 2.75) is 18.2 Å². The van der Waals surface area contributed by atoms with E-state index in [0.29, 0.717) is 6.42 Å². The molecule has 0 radical (unpaired) electrons. The van der Waals surface area contributed by atoms with Crippen molar-refractivity contribution in [1.29, 1.82) is 0 Å². The van der Waals surface area contributed by atoms with Crippen molar-refractivity contribution in [3.05, 3.63) is 89.0 Å². The minimum atomic E-state index is -3.54. The normalized spacial score (nSPS) is 13.1. The topological polar surface area (TPSA) is 121 Å². The summed E-state index contributed by atoms with van der Waals surface area (Å²) in [6.07, 6.45) is 0.510. The zero-order chi connectivity index (χ0) is 24.5. The van der Waals surface area contributed by atoms with Gasteiger partial charge in [-0.3, -0.25) is 19.3 Å². The molecule has 0 saturated heterocycles. The van der Waals surface area contributed by atoms with Gasteiger partial charge >= 0.3 is 0 Å². The van der Waals surface area contributed by atoms with Gasteiger partial charge in [-0.1, -0.05) is 37.3 Å². The number of carbonyl (C=O) groups excluding carboxylic acids is 3. The number of imide groups is 1. The maximum Gasteiger partial charge on any atom is 0.261 e. The zero-order valence-corrected chi connectivity index (χ0v) is 19.1. The SMILES string of the molecule is CCS(=O)(=O)c1ccc(O)c(NC(=O)c2ccc3c(c2)C(=O)N(CCc2ccccc2)C3=O)c1. The van der Waals surface area contributed by atoms with Crippen molar-refractivity contribution >= 4 is 33.2 Å². The lowest BCUT2D eigenvalue weighted by molar-refractivity contribution is 0.0656. The Hall–Kier alpha value is -3.98. The number of rotatable bonds is 7. The number of anilines is 1. The Labute approximate surface area is 196 Å². The number of nitrogens with one attached hydrogen (secondary N) is 1. The van der Waals surface area contributed by atoms with Crippen molar-refractivity contribution < 1.29 is 27.9 Å². The van der Waals surface area contributed by atoms with E-state index in [9.17, 15) is 27.9 Å². The van der Waals surface area contributed by atoms with Crippen LogP contribution in [0.5, 0.6) is 5.75 Å². The van der Waals surface area contributed by atoms with Gasteiger partial charge in [-0.25, -0.2) is 8.42 Å². The highest BCUT2D eigenvalue weighted by atomic mass is 32.2. The van der Waals surface area contributed by atoms with Crippen LogP contribution in [0.4, 0.5) is 5.69 Å². The van der Waals surface area contributed by atoms with Crippen LogP contribution < -0.4 is 5.32 Å². The molecule has 0 unspecified atom stereocenters. The van der Waals surface area contributed by atoms with E-state index < -0.39 is 27.6 Å².